The van der Waals surface area contributed by atoms with Crippen molar-refractivity contribution in [2.45, 2.75) is 57.4 Å². The predicted octanol–water partition coefficient (Wildman–Crippen LogP) is 2.04. The average Bonchev–Trinajstić information content (AvgIpc) is 2.87. The number of benzene rings is 1. The van der Waals surface area contributed by atoms with Gasteiger partial charge in [0.2, 0.25) is 11.8 Å². The Hall–Kier alpha value is -2.42. The van der Waals surface area contributed by atoms with E-state index in [9.17, 15) is 18.0 Å². The van der Waals surface area contributed by atoms with E-state index < -0.39 is 16.1 Å². The first kappa shape index (κ1) is 21.9. The van der Waals surface area contributed by atoms with Crippen LogP contribution in [0.2, 0.25) is 0 Å². The Morgan fingerprint density at radius 1 is 1.07 bits per heavy atom. The molecule has 8 nitrogen and oxygen atoms in total. The summed E-state index contributed by atoms with van der Waals surface area (Å²) in [5.41, 5.74) is 0.451. The smallest absolute Gasteiger partial charge is 0.262 e. The van der Waals surface area contributed by atoms with Gasteiger partial charge < -0.3 is 10.6 Å². The minimum absolute atomic E-state index is 0.0897. The predicted molar refractivity (Wildman–Crippen MR) is 109 cm³/mol. The average molecular weight is 409 g/mol. The first-order chi connectivity index (χ1) is 13.2. The molecular weight excluding hydrogens is 380 g/mol. The third-order valence-electron chi connectivity index (χ3n) is 4.37. The molecule has 1 atom stereocenters. The molecular formula is C19H28N4O4S. The molecule has 0 saturated heterocycles. The van der Waals surface area contributed by atoms with Gasteiger partial charge in [0.25, 0.3) is 10.0 Å². The van der Waals surface area contributed by atoms with Crippen molar-refractivity contribution in [2.24, 2.45) is 10.9 Å². The van der Waals surface area contributed by atoms with Crippen molar-refractivity contribution in [3.63, 3.8) is 0 Å². The molecule has 0 unspecified atom stereocenters. The van der Waals surface area contributed by atoms with E-state index in [0.29, 0.717) is 24.5 Å². The van der Waals surface area contributed by atoms with Gasteiger partial charge in [-0.25, -0.2) is 8.42 Å². The topological polar surface area (TPSA) is 117 Å². The number of carbonyl (C=O) groups is 2. The molecule has 0 spiro atoms. The van der Waals surface area contributed by atoms with E-state index in [4.69, 9.17) is 0 Å². The second kappa shape index (κ2) is 9.68. The standard InChI is InChI=1S/C19H28N4O4S/c1-13(2)18(21-14(3)24)19(25)22-15-8-10-16(11-9-15)28(26,27)23-17-7-5-4-6-12-20-17/h8-11,13,18H,4-7,12H2,1-3H3,(H,20,23)(H,21,24)(H,22,25)/t18-/m0/s1. The van der Waals surface area contributed by atoms with E-state index >= 15 is 0 Å². The molecule has 1 heterocycles. The summed E-state index contributed by atoms with van der Waals surface area (Å²) in [7, 11) is -3.72. The van der Waals surface area contributed by atoms with Crippen LogP contribution in [-0.2, 0) is 19.6 Å². The maximum atomic E-state index is 12.5. The molecule has 2 amide bonds. The molecule has 0 bridgehead atoms. The van der Waals surface area contributed by atoms with Crippen LogP contribution in [0.5, 0.6) is 0 Å². The third-order valence-corrected chi connectivity index (χ3v) is 5.76. The van der Waals surface area contributed by atoms with Gasteiger partial charge in [-0.15, -0.1) is 0 Å². The molecule has 3 N–H and O–H groups in total. The number of nitrogens with one attached hydrogen (secondary N) is 3. The summed E-state index contributed by atoms with van der Waals surface area (Å²) in [5, 5.41) is 5.32. The van der Waals surface area contributed by atoms with Crippen LogP contribution in [0.4, 0.5) is 5.69 Å². The fourth-order valence-corrected chi connectivity index (χ4v) is 3.95. The summed E-state index contributed by atoms with van der Waals surface area (Å²) in [6.45, 7) is 5.65. The highest BCUT2D eigenvalue weighted by Crippen LogP contribution is 2.16. The van der Waals surface area contributed by atoms with Gasteiger partial charge in [-0.3, -0.25) is 19.3 Å². The number of nitrogens with zero attached hydrogens (tertiary/aromatic N) is 1. The van der Waals surface area contributed by atoms with E-state index in [1.54, 1.807) is 0 Å². The van der Waals surface area contributed by atoms with Crippen LogP contribution in [-0.4, -0.2) is 38.7 Å². The van der Waals surface area contributed by atoms with Gasteiger partial charge >= 0.3 is 0 Å². The van der Waals surface area contributed by atoms with Gasteiger partial charge in [0, 0.05) is 25.6 Å². The van der Waals surface area contributed by atoms with Gasteiger partial charge in [-0.1, -0.05) is 20.3 Å². The van der Waals surface area contributed by atoms with Crippen molar-refractivity contribution in [1.82, 2.24) is 10.0 Å². The lowest BCUT2D eigenvalue weighted by Gasteiger charge is -2.21. The number of sulfonamides is 1. The Bertz CT molecular complexity index is 832. The quantitative estimate of drug-likeness (QED) is 0.668. The number of amidine groups is 1. The van der Waals surface area contributed by atoms with E-state index in [1.807, 2.05) is 13.8 Å². The summed E-state index contributed by atoms with van der Waals surface area (Å²) in [6.07, 6.45) is 3.54. The maximum Gasteiger partial charge on any atom is 0.262 e. The number of amides is 2. The fourth-order valence-electron chi connectivity index (χ4n) is 2.86. The second-order valence-corrected chi connectivity index (χ2v) is 8.86. The number of hydrogen-bond donors (Lipinski definition) is 3. The summed E-state index contributed by atoms with van der Waals surface area (Å²) in [4.78, 5) is 28.1. The van der Waals surface area contributed by atoms with Gasteiger partial charge in [0.15, 0.2) is 0 Å². The van der Waals surface area contributed by atoms with Gasteiger partial charge in [0.1, 0.15) is 11.9 Å². The zero-order valence-electron chi connectivity index (χ0n) is 16.5. The van der Waals surface area contributed by atoms with E-state index in [1.165, 1.54) is 31.2 Å². The third kappa shape index (κ3) is 6.33. The van der Waals surface area contributed by atoms with Crippen molar-refractivity contribution in [1.29, 1.82) is 0 Å². The van der Waals surface area contributed by atoms with Crippen molar-refractivity contribution in [2.75, 3.05) is 11.9 Å². The highest BCUT2D eigenvalue weighted by atomic mass is 32.2. The van der Waals surface area contributed by atoms with E-state index in [2.05, 4.69) is 20.3 Å². The number of rotatable bonds is 6. The van der Waals surface area contributed by atoms with E-state index in [-0.39, 0.29) is 22.6 Å². The summed E-state index contributed by atoms with van der Waals surface area (Å²) in [5.74, 6) is -0.243. The maximum absolute atomic E-state index is 12.5. The van der Waals surface area contributed by atoms with Crippen LogP contribution >= 0.6 is 0 Å². The Morgan fingerprint density at radius 3 is 2.36 bits per heavy atom. The Kier molecular flexibility index (Phi) is 7.56. The summed E-state index contributed by atoms with van der Waals surface area (Å²) >= 11 is 0. The van der Waals surface area contributed by atoms with Crippen molar-refractivity contribution in [3.8, 4) is 0 Å². The number of aliphatic imine (C=N–C) groups is 1. The molecule has 1 aliphatic rings. The van der Waals surface area contributed by atoms with Crippen molar-refractivity contribution in [3.05, 3.63) is 24.3 Å². The van der Waals surface area contributed by atoms with Crippen LogP contribution < -0.4 is 15.4 Å². The molecule has 1 aromatic rings. The molecule has 28 heavy (non-hydrogen) atoms. The Balaban J connectivity index is 2.06. The molecule has 0 radical (unpaired) electrons. The van der Waals surface area contributed by atoms with Crippen LogP contribution in [0.15, 0.2) is 34.2 Å². The summed E-state index contributed by atoms with van der Waals surface area (Å²) < 4.78 is 27.6. The highest BCUT2D eigenvalue weighted by molar-refractivity contribution is 7.90. The van der Waals surface area contributed by atoms with E-state index in [0.717, 1.165) is 19.3 Å². The summed E-state index contributed by atoms with van der Waals surface area (Å²) in [6, 6.07) is 5.23. The normalized spacial score (nSPS) is 15.9. The lowest BCUT2D eigenvalue weighted by atomic mass is 10.0. The van der Waals surface area contributed by atoms with Crippen molar-refractivity contribution < 1.29 is 18.0 Å². The van der Waals surface area contributed by atoms with Crippen LogP contribution in [0, 0.1) is 5.92 Å². The zero-order chi connectivity index (χ0) is 20.7. The van der Waals surface area contributed by atoms with Crippen molar-refractivity contribution >= 4 is 33.4 Å². The van der Waals surface area contributed by atoms with Crippen LogP contribution in [0.25, 0.3) is 0 Å². The lowest BCUT2D eigenvalue weighted by Crippen LogP contribution is -2.46. The molecule has 1 aromatic carbocycles. The molecule has 0 saturated carbocycles. The number of anilines is 1. The van der Waals surface area contributed by atoms with Gasteiger partial charge in [-0.05, 0) is 43.0 Å². The van der Waals surface area contributed by atoms with Gasteiger partial charge in [0.05, 0.1) is 4.90 Å². The minimum atomic E-state index is -3.72. The first-order valence-corrected chi connectivity index (χ1v) is 10.9. The lowest BCUT2D eigenvalue weighted by molar-refractivity contribution is -0.126. The van der Waals surface area contributed by atoms with Gasteiger partial charge in [-0.2, -0.15) is 0 Å². The monoisotopic (exact) mass is 408 g/mol. The van der Waals surface area contributed by atoms with Crippen LogP contribution in [0.1, 0.15) is 46.5 Å². The SMILES string of the molecule is CC(=O)N[C@H](C(=O)Nc1ccc(S(=O)(=O)NC2=NCCCCC2)cc1)C(C)C. The molecule has 0 aromatic heterocycles. The molecule has 1 aliphatic heterocycles. The number of hydrogen-bond acceptors (Lipinski definition) is 5. The number of carbonyl (C=O) groups excluding carboxylic acids is 2. The van der Waals surface area contributed by atoms with Crippen LogP contribution in [0.3, 0.4) is 0 Å². The molecule has 9 heteroatoms. The molecule has 0 aliphatic carbocycles. The minimum Gasteiger partial charge on any atom is -0.344 e. The Morgan fingerprint density at radius 2 is 1.75 bits per heavy atom. The molecule has 2 rings (SSSR count). The second-order valence-electron chi connectivity index (χ2n) is 7.18. The Labute approximate surface area is 166 Å². The zero-order valence-corrected chi connectivity index (χ0v) is 17.3. The first-order valence-electron chi connectivity index (χ1n) is 9.43. The largest absolute Gasteiger partial charge is 0.344 e. The molecule has 154 valence electrons. The molecule has 0 fully saturated rings. The fraction of sp³-hybridized carbons (Fsp3) is 0.526. The highest BCUT2D eigenvalue weighted by Gasteiger charge is 2.23.